The van der Waals surface area contributed by atoms with E-state index in [9.17, 15) is 0 Å². The molecule has 0 aliphatic carbocycles. The lowest BCUT2D eigenvalue weighted by Gasteiger charge is -2.25. The van der Waals surface area contributed by atoms with Crippen molar-refractivity contribution in [2.24, 2.45) is 11.8 Å². The summed E-state index contributed by atoms with van der Waals surface area (Å²) < 4.78 is 5.71. The van der Waals surface area contributed by atoms with E-state index in [0.717, 1.165) is 31.9 Å². The fourth-order valence-electron chi connectivity index (χ4n) is 2.38. The van der Waals surface area contributed by atoms with Crippen molar-refractivity contribution in [2.45, 2.75) is 60.7 Å². The van der Waals surface area contributed by atoms with Crippen molar-refractivity contribution in [3.8, 4) is 0 Å². The van der Waals surface area contributed by atoms with E-state index in [1.807, 2.05) is 6.26 Å². The van der Waals surface area contributed by atoms with Crippen LogP contribution >= 0.6 is 0 Å². The molecule has 1 rings (SSSR count). The molecule has 0 aliphatic rings. The molecule has 20 heavy (non-hydrogen) atoms. The smallest absolute Gasteiger partial charge is 0.118 e. The van der Waals surface area contributed by atoms with Crippen molar-refractivity contribution in [2.75, 3.05) is 13.1 Å². The standard InChI is InChI=1S/C17H32N2O/c1-13(2)9-19(10-14(3)4)11-17-7-16(12-20-17)8-18-15(5)6/h7,12-15,18H,8-11H2,1-6H3. The van der Waals surface area contributed by atoms with Gasteiger partial charge >= 0.3 is 0 Å². The molecule has 116 valence electrons. The van der Waals surface area contributed by atoms with E-state index in [1.165, 1.54) is 5.56 Å². The van der Waals surface area contributed by atoms with Gasteiger partial charge in [-0.1, -0.05) is 41.5 Å². The van der Waals surface area contributed by atoms with Crippen LogP contribution in [0.2, 0.25) is 0 Å². The highest BCUT2D eigenvalue weighted by atomic mass is 16.3. The number of hydrogen-bond donors (Lipinski definition) is 1. The maximum absolute atomic E-state index is 5.71. The van der Waals surface area contributed by atoms with Gasteiger partial charge in [0.05, 0.1) is 12.8 Å². The van der Waals surface area contributed by atoms with Gasteiger partial charge in [0, 0.05) is 31.2 Å². The van der Waals surface area contributed by atoms with E-state index >= 15 is 0 Å². The Balaban J connectivity index is 2.54. The molecular weight excluding hydrogens is 248 g/mol. The molecule has 0 radical (unpaired) electrons. The number of rotatable bonds is 9. The Hall–Kier alpha value is -0.800. The Kier molecular flexibility index (Phi) is 7.31. The molecule has 0 spiro atoms. The van der Waals surface area contributed by atoms with Gasteiger partial charge in [0.2, 0.25) is 0 Å². The monoisotopic (exact) mass is 280 g/mol. The molecule has 1 heterocycles. The first-order valence-corrected chi connectivity index (χ1v) is 7.88. The zero-order chi connectivity index (χ0) is 15.1. The molecule has 3 heteroatoms. The summed E-state index contributed by atoms with van der Waals surface area (Å²) in [5.74, 6) is 2.45. The van der Waals surface area contributed by atoms with Gasteiger partial charge in [-0.3, -0.25) is 4.90 Å². The summed E-state index contributed by atoms with van der Waals surface area (Å²) in [6, 6.07) is 2.69. The summed E-state index contributed by atoms with van der Waals surface area (Å²) >= 11 is 0. The number of nitrogens with one attached hydrogen (secondary N) is 1. The van der Waals surface area contributed by atoms with Crippen molar-refractivity contribution in [3.63, 3.8) is 0 Å². The Morgan fingerprint density at radius 2 is 1.65 bits per heavy atom. The summed E-state index contributed by atoms with van der Waals surface area (Å²) in [7, 11) is 0. The molecule has 0 unspecified atom stereocenters. The highest BCUT2D eigenvalue weighted by Crippen LogP contribution is 2.13. The minimum atomic E-state index is 0.506. The first-order chi connectivity index (χ1) is 9.36. The third kappa shape index (κ3) is 7.11. The maximum Gasteiger partial charge on any atom is 0.118 e. The fraction of sp³-hybridized carbons (Fsp3) is 0.765. The van der Waals surface area contributed by atoms with E-state index in [0.29, 0.717) is 17.9 Å². The van der Waals surface area contributed by atoms with Gasteiger partial charge < -0.3 is 9.73 Å². The van der Waals surface area contributed by atoms with Crippen LogP contribution in [0.1, 0.15) is 52.9 Å². The van der Waals surface area contributed by atoms with E-state index < -0.39 is 0 Å². The van der Waals surface area contributed by atoms with Crippen molar-refractivity contribution >= 4 is 0 Å². The Morgan fingerprint density at radius 1 is 1.05 bits per heavy atom. The van der Waals surface area contributed by atoms with E-state index in [-0.39, 0.29) is 0 Å². The van der Waals surface area contributed by atoms with Gasteiger partial charge in [-0.2, -0.15) is 0 Å². The lowest BCUT2D eigenvalue weighted by molar-refractivity contribution is 0.197. The van der Waals surface area contributed by atoms with Gasteiger partial charge in [0.1, 0.15) is 5.76 Å². The minimum absolute atomic E-state index is 0.506. The van der Waals surface area contributed by atoms with Crippen LogP contribution in [0, 0.1) is 11.8 Å². The van der Waals surface area contributed by atoms with Crippen molar-refractivity contribution < 1.29 is 4.42 Å². The van der Waals surface area contributed by atoms with Crippen LogP contribution in [-0.2, 0) is 13.1 Å². The highest BCUT2D eigenvalue weighted by Gasteiger charge is 2.12. The predicted molar refractivity (Wildman–Crippen MR) is 85.6 cm³/mol. The van der Waals surface area contributed by atoms with Gasteiger partial charge in [-0.15, -0.1) is 0 Å². The lowest BCUT2D eigenvalue weighted by atomic mass is 10.1. The third-order valence-corrected chi connectivity index (χ3v) is 3.05. The van der Waals surface area contributed by atoms with Crippen LogP contribution in [-0.4, -0.2) is 24.0 Å². The quantitative estimate of drug-likeness (QED) is 0.744. The Bertz CT molecular complexity index is 359. The van der Waals surface area contributed by atoms with Crippen LogP contribution < -0.4 is 5.32 Å². The first-order valence-electron chi connectivity index (χ1n) is 7.88. The molecule has 0 aromatic carbocycles. The van der Waals surface area contributed by atoms with Crippen LogP contribution in [0.4, 0.5) is 0 Å². The number of furan rings is 1. The summed E-state index contributed by atoms with van der Waals surface area (Å²) in [5, 5.41) is 3.42. The molecule has 1 aromatic heterocycles. The fourth-order valence-corrected chi connectivity index (χ4v) is 2.38. The molecule has 0 aliphatic heterocycles. The summed E-state index contributed by atoms with van der Waals surface area (Å²) in [4.78, 5) is 2.49. The molecule has 0 saturated carbocycles. The molecular formula is C17H32N2O. The predicted octanol–water partition coefficient (Wildman–Crippen LogP) is 3.89. The van der Waals surface area contributed by atoms with Crippen LogP contribution in [0.15, 0.2) is 16.7 Å². The third-order valence-electron chi connectivity index (χ3n) is 3.05. The van der Waals surface area contributed by atoms with E-state index in [1.54, 1.807) is 0 Å². The zero-order valence-electron chi connectivity index (χ0n) is 14.1. The van der Waals surface area contributed by atoms with Crippen molar-refractivity contribution in [3.05, 3.63) is 23.7 Å². The molecule has 1 N–H and O–H groups in total. The Morgan fingerprint density at radius 3 is 2.15 bits per heavy atom. The SMILES string of the molecule is CC(C)CN(Cc1cc(CNC(C)C)co1)CC(C)C. The molecule has 0 saturated heterocycles. The second-order valence-corrected chi connectivity index (χ2v) is 6.94. The molecule has 3 nitrogen and oxygen atoms in total. The van der Waals surface area contributed by atoms with Crippen LogP contribution in [0.3, 0.4) is 0 Å². The molecule has 0 atom stereocenters. The van der Waals surface area contributed by atoms with Gasteiger partial charge in [0.15, 0.2) is 0 Å². The summed E-state index contributed by atoms with van der Waals surface area (Å²) in [6.07, 6.45) is 1.88. The lowest BCUT2D eigenvalue weighted by Crippen LogP contribution is -2.30. The second kappa shape index (κ2) is 8.48. The average molecular weight is 280 g/mol. The van der Waals surface area contributed by atoms with E-state index in [2.05, 4.69) is 57.8 Å². The molecule has 0 amide bonds. The van der Waals surface area contributed by atoms with Crippen molar-refractivity contribution in [1.29, 1.82) is 0 Å². The second-order valence-electron chi connectivity index (χ2n) is 6.94. The maximum atomic E-state index is 5.71. The largest absolute Gasteiger partial charge is 0.468 e. The molecule has 1 aromatic rings. The molecule has 0 bridgehead atoms. The zero-order valence-corrected chi connectivity index (χ0v) is 14.1. The van der Waals surface area contributed by atoms with Crippen LogP contribution in [0.25, 0.3) is 0 Å². The topological polar surface area (TPSA) is 28.4 Å². The first kappa shape index (κ1) is 17.3. The normalized spacial score (nSPS) is 12.3. The minimum Gasteiger partial charge on any atom is -0.468 e. The average Bonchev–Trinajstić information content (AvgIpc) is 2.72. The number of hydrogen-bond acceptors (Lipinski definition) is 3. The summed E-state index contributed by atoms with van der Waals surface area (Å²) in [6.45, 7) is 17.5. The van der Waals surface area contributed by atoms with Crippen molar-refractivity contribution in [1.82, 2.24) is 10.2 Å². The van der Waals surface area contributed by atoms with Gasteiger partial charge in [-0.25, -0.2) is 0 Å². The highest BCUT2D eigenvalue weighted by molar-refractivity contribution is 5.12. The van der Waals surface area contributed by atoms with Crippen LogP contribution in [0.5, 0.6) is 0 Å². The van der Waals surface area contributed by atoms with Gasteiger partial charge in [-0.05, 0) is 17.9 Å². The van der Waals surface area contributed by atoms with Gasteiger partial charge in [0.25, 0.3) is 0 Å². The number of nitrogens with zero attached hydrogens (tertiary/aromatic N) is 1. The Labute approximate surface area is 124 Å². The summed E-state index contributed by atoms with van der Waals surface area (Å²) in [5.41, 5.74) is 1.24. The van der Waals surface area contributed by atoms with E-state index in [4.69, 9.17) is 4.42 Å². The molecule has 0 fully saturated rings.